The first-order valence-corrected chi connectivity index (χ1v) is 4.11. The molecule has 1 rings (SSSR count). The minimum absolute atomic E-state index is 0.142. The summed E-state index contributed by atoms with van der Waals surface area (Å²) in [5.74, 6) is 0. The van der Waals surface area contributed by atoms with Crippen LogP contribution in [0.15, 0.2) is 16.9 Å². The van der Waals surface area contributed by atoms with Gasteiger partial charge in [0.1, 0.15) is 0 Å². The van der Waals surface area contributed by atoms with Gasteiger partial charge in [0.05, 0.1) is 12.3 Å². The van der Waals surface area contributed by atoms with Crippen LogP contribution in [-0.2, 0) is 11.3 Å². The monoisotopic (exact) mass is 182 g/mol. The van der Waals surface area contributed by atoms with Crippen molar-refractivity contribution in [2.75, 3.05) is 19.5 Å². The summed E-state index contributed by atoms with van der Waals surface area (Å²) in [6.45, 7) is 2.94. The van der Waals surface area contributed by atoms with Crippen LogP contribution in [0.2, 0.25) is 0 Å². The molecular weight excluding hydrogens is 168 g/mol. The number of hydrogen-bond acceptors (Lipinski definition) is 3. The van der Waals surface area contributed by atoms with Crippen LogP contribution in [0.1, 0.15) is 5.69 Å². The molecular formula is C9H14N2O2. The van der Waals surface area contributed by atoms with E-state index < -0.39 is 0 Å². The smallest absolute Gasteiger partial charge is 0.273 e. The van der Waals surface area contributed by atoms with E-state index >= 15 is 0 Å². The Morgan fingerprint density at radius 2 is 2.23 bits per heavy atom. The fourth-order valence-corrected chi connectivity index (χ4v) is 1.15. The van der Waals surface area contributed by atoms with Gasteiger partial charge in [0.25, 0.3) is 5.56 Å². The van der Waals surface area contributed by atoms with Crippen molar-refractivity contribution in [3.05, 3.63) is 28.2 Å². The van der Waals surface area contributed by atoms with Crippen molar-refractivity contribution in [1.29, 1.82) is 0 Å². The van der Waals surface area contributed by atoms with Crippen molar-refractivity contribution in [1.82, 2.24) is 4.57 Å². The number of nitrogens with zero attached hydrogens (tertiary/aromatic N) is 1. The van der Waals surface area contributed by atoms with Gasteiger partial charge in [-0.1, -0.05) is 0 Å². The zero-order chi connectivity index (χ0) is 9.84. The molecule has 0 bridgehead atoms. The first kappa shape index (κ1) is 9.80. The molecule has 1 aromatic rings. The second kappa shape index (κ2) is 4.09. The normalized spacial score (nSPS) is 10.3. The average Bonchev–Trinajstić information content (AvgIpc) is 2.12. The van der Waals surface area contributed by atoms with Crippen molar-refractivity contribution in [3.8, 4) is 0 Å². The Kier molecular flexibility index (Phi) is 3.08. The number of pyridine rings is 1. The zero-order valence-corrected chi connectivity index (χ0v) is 7.91. The highest BCUT2D eigenvalue weighted by Gasteiger charge is 2.02. The number of hydrogen-bond donors (Lipinski definition) is 1. The molecule has 4 nitrogen and oxygen atoms in total. The molecule has 1 heterocycles. The summed E-state index contributed by atoms with van der Waals surface area (Å²) in [6.07, 6.45) is 0. The van der Waals surface area contributed by atoms with E-state index in [2.05, 4.69) is 0 Å². The third-order valence-electron chi connectivity index (χ3n) is 1.94. The summed E-state index contributed by atoms with van der Waals surface area (Å²) in [6, 6.07) is 3.45. The molecule has 0 amide bonds. The highest BCUT2D eigenvalue weighted by Crippen LogP contribution is 1.98. The minimum Gasteiger partial charge on any atom is -0.394 e. The summed E-state index contributed by atoms with van der Waals surface area (Å²) < 4.78 is 6.51. The standard InChI is InChI=1S/C9H14N2O2/c1-7-3-4-8(10)9(12)11(7)5-6-13-2/h3-4H,5-6,10H2,1-2H3. The van der Waals surface area contributed by atoms with Gasteiger partial charge < -0.3 is 15.0 Å². The van der Waals surface area contributed by atoms with E-state index in [9.17, 15) is 4.79 Å². The molecule has 2 N–H and O–H groups in total. The predicted octanol–water partition coefficient (Wildman–Crippen LogP) is 0.385. The van der Waals surface area contributed by atoms with Gasteiger partial charge in [-0.25, -0.2) is 0 Å². The van der Waals surface area contributed by atoms with Gasteiger partial charge in [0, 0.05) is 19.3 Å². The van der Waals surface area contributed by atoms with E-state index in [0.29, 0.717) is 13.2 Å². The number of methoxy groups -OCH3 is 1. The number of nitrogen functional groups attached to an aromatic ring is 1. The lowest BCUT2D eigenvalue weighted by atomic mass is 10.3. The van der Waals surface area contributed by atoms with Crippen molar-refractivity contribution in [2.24, 2.45) is 0 Å². The second-order valence-corrected chi connectivity index (χ2v) is 2.88. The molecule has 13 heavy (non-hydrogen) atoms. The molecule has 0 radical (unpaired) electrons. The molecule has 0 unspecified atom stereocenters. The van der Waals surface area contributed by atoms with Gasteiger partial charge in [0.15, 0.2) is 0 Å². The van der Waals surface area contributed by atoms with Crippen LogP contribution < -0.4 is 11.3 Å². The fraction of sp³-hybridized carbons (Fsp3) is 0.444. The highest BCUT2D eigenvalue weighted by atomic mass is 16.5. The second-order valence-electron chi connectivity index (χ2n) is 2.88. The average molecular weight is 182 g/mol. The number of rotatable bonds is 3. The van der Waals surface area contributed by atoms with Gasteiger partial charge >= 0.3 is 0 Å². The summed E-state index contributed by atoms with van der Waals surface area (Å²) in [5.41, 5.74) is 6.52. The van der Waals surface area contributed by atoms with Crippen molar-refractivity contribution < 1.29 is 4.74 Å². The van der Waals surface area contributed by atoms with Crippen LogP contribution in [0.5, 0.6) is 0 Å². The molecule has 0 aliphatic carbocycles. The van der Waals surface area contributed by atoms with Crippen LogP contribution in [0.3, 0.4) is 0 Å². The van der Waals surface area contributed by atoms with Gasteiger partial charge in [-0.15, -0.1) is 0 Å². The number of ether oxygens (including phenoxy) is 1. The lowest BCUT2D eigenvalue weighted by molar-refractivity contribution is 0.185. The largest absolute Gasteiger partial charge is 0.394 e. The lowest BCUT2D eigenvalue weighted by Gasteiger charge is -2.09. The zero-order valence-electron chi connectivity index (χ0n) is 7.91. The maximum atomic E-state index is 11.5. The third-order valence-corrected chi connectivity index (χ3v) is 1.94. The van der Waals surface area contributed by atoms with E-state index in [1.165, 1.54) is 0 Å². The molecule has 1 aromatic heterocycles. The summed E-state index contributed by atoms with van der Waals surface area (Å²) >= 11 is 0. The molecule has 0 aromatic carbocycles. The Morgan fingerprint density at radius 1 is 1.54 bits per heavy atom. The van der Waals surface area contributed by atoms with Gasteiger partial charge in [-0.2, -0.15) is 0 Å². The SMILES string of the molecule is COCCn1c(C)ccc(N)c1=O. The number of nitrogens with two attached hydrogens (primary N) is 1. The molecule has 0 atom stereocenters. The van der Waals surface area contributed by atoms with Crippen molar-refractivity contribution in [2.45, 2.75) is 13.5 Å². The van der Waals surface area contributed by atoms with E-state index in [1.54, 1.807) is 17.7 Å². The molecule has 0 aliphatic rings. The Bertz CT molecular complexity index is 344. The quantitative estimate of drug-likeness (QED) is 0.735. The predicted molar refractivity (Wildman–Crippen MR) is 51.7 cm³/mol. The first-order valence-electron chi connectivity index (χ1n) is 4.11. The number of aryl methyl sites for hydroxylation is 1. The molecule has 0 saturated heterocycles. The molecule has 4 heteroatoms. The Morgan fingerprint density at radius 3 is 2.85 bits per heavy atom. The highest BCUT2D eigenvalue weighted by molar-refractivity contribution is 5.35. The van der Waals surface area contributed by atoms with Gasteiger partial charge in [-0.05, 0) is 19.1 Å². The summed E-state index contributed by atoms with van der Waals surface area (Å²) in [5, 5.41) is 0. The first-order chi connectivity index (χ1) is 6.16. The van der Waals surface area contributed by atoms with E-state index in [1.807, 2.05) is 13.0 Å². The number of aromatic nitrogens is 1. The maximum Gasteiger partial charge on any atom is 0.273 e. The van der Waals surface area contributed by atoms with E-state index in [-0.39, 0.29) is 11.2 Å². The van der Waals surface area contributed by atoms with Gasteiger partial charge in [-0.3, -0.25) is 4.79 Å². The summed E-state index contributed by atoms with van der Waals surface area (Å²) in [7, 11) is 1.60. The Labute approximate surface area is 76.9 Å². The van der Waals surface area contributed by atoms with Crippen LogP contribution in [0, 0.1) is 6.92 Å². The van der Waals surface area contributed by atoms with Crippen molar-refractivity contribution in [3.63, 3.8) is 0 Å². The Hall–Kier alpha value is -1.29. The van der Waals surface area contributed by atoms with Crippen LogP contribution in [0.4, 0.5) is 5.69 Å². The summed E-state index contributed by atoms with van der Waals surface area (Å²) in [4.78, 5) is 11.5. The molecule has 0 spiro atoms. The minimum atomic E-state index is -0.142. The lowest BCUT2D eigenvalue weighted by Crippen LogP contribution is -2.26. The topological polar surface area (TPSA) is 57.2 Å². The van der Waals surface area contributed by atoms with Crippen LogP contribution in [0.25, 0.3) is 0 Å². The fourth-order valence-electron chi connectivity index (χ4n) is 1.15. The van der Waals surface area contributed by atoms with Crippen LogP contribution >= 0.6 is 0 Å². The number of anilines is 1. The third kappa shape index (κ3) is 2.09. The molecule has 0 fully saturated rings. The Balaban J connectivity index is 3.03. The molecule has 0 aliphatic heterocycles. The van der Waals surface area contributed by atoms with Crippen molar-refractivity contribution >= 4 is 5.69 Å². The molecule has 72 valence electrons. The van der Waals surface area contributed by atoms with Crippen LogP contribution in [-0.4, -0.2) is 18.3 Å². The van der Waals surface area contributed by atoms with E-state index in [4.69, 9.17) is 10.5 Å². The molecule has 0 saturated carbocycles. The van der Waals surface area contributed by atoms with Gasteiger partial charge in [0.2, 0.25) is 0 Å². The van der Waals surface area contributed by atoms with E-state index in [0.717, 1.165) is 5.69 Å². The maximum absolute atomic E-state index is 11.5.